The van der Waals surface area contributed by atoms with Crippen molar-refractivity contribution in [2.45, 2.75) is 37.5 Å². The van der Waals surface area contributed by atoms with Gasteiger partial charge in [-0.1, -0.05) is 24.3 Å². The predicted octanol–water partition coefficient (Wildman–Crippen LogP) is 2.82. The lowest BCUT2D eigenvalue weighted by Gasteiger charge is -2.10. The maximum absolute atomic E-state index is 5.95. The van der Waals surface area contributed by atoms with Gasteiger partial charge in [0.2, 0.25) is 0 Å². The predicted molar refractivity (Wildman–Crippen MR) is 75.0 cm³/mol. The first-order valence-electron chi connectivity index (χ1n) is 7.01. The normalized spacial score (nSPS) is 18.5. The van der Waals surface area contributed by atoms with E-state index in [9.17, 15) is 0 Å². The van der Waals surface area contributed by atoms with Gasteiger partial charge in [0.25, 0.3) is 0 Å². The summed E-state index contributed by atoms with van der Waals surface area (Å²) in [7, 11) is 0. The van der Waals surface area contributed by atoms with E-state index in [0.29, 0.717) is 17.7 Å². The van der Waals surface area contributed by atoms with Crippen LogP contribution in [0.15, 0.2) is 30.3 Å². The van der Waals surface area contributed by atoms with Crippen molar-refractivity contribution in [3.05, 3.63) is 53.0 Å². The minimum atomic E-state index is 0.401. The number of benzene rings is 1. The molecule has 1 heterocycles. The molecule has 1 aromatic carbocycles. The molecule has 2 aromatic rings. The van der Waals surface area contributed by atoms with Crippen molar-refractivity contribution in [1.82, 2.24) is 9.97 Å². The Labute approximate surface area is 112 Å². The second-order valence-electron chi connectivity index (χ2n) is 5.72. The smallest absolute Gasteiger partial charge is 0.134 e. The lowest BCUT2D eigenvalue weighted by Crippen LogP contribution is -2.08. The van der Waals surface area contributed by atoms with Gasteiger partial charge < -0.3 is 5.73 Å². The van der Waals surface area contributed by atoms with Gasteiger partial charge in [-0.05, 0) is 36.8 Å². The molecule has 0 saturated heterocycles. The van der Waals surface area contributed by atoms with Crippen LogP contribution in [-0.2, 0) is 12.8 Å². The Hall–Kier alpha value is -1.90. The van der Waals surface area contributed by atoms with Crippen molar-refractivity contribution in [2.24, 2.45) is 0 Å². The third-order valence-electron chi connectivity index (χ3n) is 4.19. The van der Waals surface area contributed by atoms with E-state index >= 15 is 0 Å². The fourth-order valence-electron chi connectivity index (χ4n) is 3.02. The number of nitrogens with zero attached hydrogens (tertiary/aromatic N) is 2. The molecule has 96 valence electrons. The summed E-state index contributed by atoms with van der Waals surface area (Å²) in [5, 5.41) is 0. The van der Waals surface area contributed by atoms with Crippen LogP contribution in [0.4, 0.5) is 5.82 Å². The largest absolute Gasteiger partial charge is 0.384 e. The number of nitrogen functional groups attached to an aromatic ring is 1. The van der Waals surface area contributed by atoms with Crippen LogP contribution in [-0.4, -0.2) is 9.97 Å². The highest BCUT2D eigenvalue weighted by Gasteiger charge is 2.29. The highest BCUT2D eigenvalue weighted by atomic mass is 15.0. The van der Waals surface area contributed by atoms with Gasteiger partial charge in [-0.15, -0.1) is 0 Å². The van der Waals surface area contributed by atoms with Crippen LogP contribution in [0, 0.1) is 0 Å². The van der Waals surface area contributed by atoms with Crippen molar-refractivity contribution in [3.63, 3.8) is 0 Å². The molecule has 0 unspecified atom stereocenters. The molecular weight excluding hydrogens is 234 g/mol. The molecule has 2 N–H and O–H groups in total. The van der Waals surface area contributed by atoms with Crippen molar-refractivity contribution in [3.8, 4) is 0 Å². The van der Waals surface area contributed by atoms with Crippen molar-refractivity contribution in [2.75, 3.05) is 5.73 Å². The Kier molecular flexibility index (Phi) is 2.34. The Balaban J connectivity index is 1.67. The first-order valence-corrected chi connectivity index (χ1v) is 7.01. The Morgan fingerprint density at radius 1 is 0.947 bits per heavy atom. The number of fused-ring (bicyclic) bond motifs is 1. The highest BCUT2D eigenvalue weighted by Crippen LogP contribution is 2.40. The molecule has 4 rings (SSSR count). The Morgan fingerprint density at radius 2 is 1.63 bits per heavy atom. The third-order valence-corrected chi connectivity index (χ3v) is 4.19. The first kappa shape index (κ1) is 11.0. The summed E-state index contributed by atoms with van der Waals surface area (Å²) in [6.07, 6.45) is 4.59. The minimum Gasteiger partial charge on any atom is -0.384 e. The average Bonchev–Trinajstić information content (AvgIpc) is 3.17. The average molecular weight is 251 g/mol. The van der Waals surface area contributed by atoms with E-state index in [2.05, 4.69) is 29.2 Å². The molecule has 0 bridgehead atoms. The van der Waals surface area contributed by atoms with E-state index in [1.54, 1.807) is 0 Å². The number of anilines is 1. The van der Waals surface area contributed by atoms with Crippen molar-refractivity contribution in [1.29, 1.82) is 0 Å². The zero-order valence-electron chi connectivity index (χ0n) is 10.8. The van der Waals surface area contributed by atoms with Crippen LogP contribution in [0.2, 0.25) is 0 Å². The molecule has 0 amide bonds. The molecular formula is C16H17N3. The zero-order chi connectivity index (χ0) is 12.8. The van der Waals surface area contributed by atoms with Crippen LogP contribution in [0.3, 0.4) is 0 Å². The minimum absolute atomic E-state index is 0.401. The van der Waals surface area contributed by atoms with E-state index in [1.807, 2.05) is 6.07 Å². The summed E-state index contributed by atoms with van der Waals surface area (Å²) < 4.78 is 0. The molecule has 1 fully saturated rings. The summed E-state index contributed by atoms with van der Waals surface area (Å²) in [5.41, 5.74) is 9.97. The van der Waals surface area contributed by atoms with E-state index < -0.39 is 0 Å². The molecule has 0 radical (unpaired) electrons. The van der Waals surface area contributed by atoms with E-state index in [4.69, 9.17) is 10.7 Å². The maximum atomic E-state index is 5.95. The molecule has 0 aliphatic heterocycles. The highest BCUT2D eigenvalue weighted by molar-refractivity contribution is 5.38. The summed E-state index contributed by atoms with van der Waals surface area (Å²) in [4.78, 5) is 9.25. The van der Waals surface area contributed by atoms with Gasteiger partial charge in [-0.25, -0.2) is 9.97 Å². The summed E-state index contributed by atoms with van der Waals surface area (Å²) in [5.74, 6) is 2.60. The number of hydrogen-bond acceptors (Lipinski definition) is 3. The van der Waals surface area contributed by atoms with E-state index in [1.165, 1.54) is 24.0 Å². The van der Waals surface area contributed by atoms with Crippen LogP contribution < -0.4 is 5.73 Å². The fourth-order valence-corrected chi connectivity index (χ4v) is 3.02. The zero-order valence-corrected chi connectivity index (χ0v) is 10.8. The van der Waals surface area contributed by atoms with Gasteiger partial charge in [0.15, 0.2) is 0 Å². The molecule has 3 heteroatoms. The topological polar surface area (TPSA) is 51.8 Å². The van der Waals surface area contributed by atoms with E-state index in [0.717, 1.165) is 24.4 Å². The second-order valence-corrected chi connectivity index (χ2v) is 5.72. The van der Waals surface area contributed by atoms with Crippen molar-refractivity contribution < 1.29 is 0 Å². The first-order chi connectivity index (χ1) is 9.29. The third kappa shape index (κ3) is 1.99. The summed E-state index contributed by atoms with van der Waals surface area (Å²) in [6.45, 7) is 0. The van der Waals surface area contributed by atoms with Crippen LogP contribution >= 0.6 is 0 Å². The number of nitrogens with two attached hydrogens (primary N) is 1. The Morgan fingerprint density at radius 3 is 2.26 bits per heavy atom. The van der Waals surface area contributed by atoms with Crippen LogP contribution in [0.1, 0.15) is 47.3 Å². The van der Waals surface area contributed by atoms with Gasteiger partial charge in [0.05, 0.1) is 0 Å². The summed E-state index contributed by atoms with van der Waals surface area (Å²) in [6, 6.07) is 10.6. The number of rotatable bonds is 2. The number of aromatic nitrogens is 2. The summed E-state index contributed by atoms with van der Waals surface area (Å²) >= 11 is 0. The molecule has 0 atom stereocenters. The fraction of sp³-hybridized carbons (Fsp3) is 0.375. The molecule has 1 aromatic heterocycles. The van der Waals surface area contributed by atoms with Gasteiger partial charge >= 0.3 is 0 Å². The monoisotopic (exact) mass is 251 g/mol. The molecule has 0 spiro atoms. The van der Waals surface area contributed by atoms with Gasteiger partial charge in [-0.2, -0.15) is 0 Å². The maximum Gasteiger partial charge on any atom is 0.134 e. The molecule has 1 saturated carbocycles. The number of hydrogen-bond donors (Lipinski definition) is 1. The SMILES string of the molecule is Nc1cc(C2CC2)nc(C2Cc3ccccc3C2)n1. The van der Waals surface area contributed by atoms with Gasteiger partial charge in [0, 0.05) is 23.6 Å². The van der Waals surface area contributed by atoms with Gasteiger partial charge in [0.1, 0.15) is 11.6 Å². The second kappa shape index (κ2) is 4.05. The van der Waals surface area contributed by atoms with Crippen LogP contribution in [0.25, 0.3) is 0 Å². The molecule has 2 aliphatic rings. The molecule has 3 nitrogen and oxygen atoms in total. The van der Waals surface area contributed by atoms with Crippen molar-refractivity contribution >= 4 is 5.82 Å². The molecule has 19 heavy (non-hydrogen) atoms. The lowest BCUT2D eigenvalue weighted by atomic mass is 10.1. The van der Waals surface area contributed by atoms with E-state index in [-0.39, 0.29) is 0 Å². The standard InChI is InChI=1S/C16H17N3/c17-15-9-14(10-5-6-10)18-16(19-15)13-7-11-3-1-2-4-12(11)8-13/h1-4,9-10,13H,5-8H2,(H2,17,18,19). The molecule has 2 aliphatic carbocycles. The lowest BCUT2D eigenvalue weighted by molar-refractivity contribution is 0.675. The quantitative estimate of drug-likeness (QED) is 0.893. The van der Waals surface area contributed by atoms with Gasteiger partial charge in [-0.3, -0.25) is 0 Å². The van der Waals surface area contributed by atoms with Crippen LogP contribution in [0.5, 0.6) is 0 Å². The Bertz CT molecular complexity index is 607.